The Labute approximate surface area is 89.1 Å². The van der Waals surface area contributed by atoms with E-state index in [1.165, 1.54) is 0 Å². The summed E-state index contributed by atoms with van der Waals surface area (Å²) in [7, 11) is 0. The Kier molecular flexibility index (Phi) is 4.51. The molecule has 8 heavy (non-hydrogen) atoms. The van der Waals surface area contributed by atoms with Gasteiger partial charge in [0.05, 0.1) is 0 Å². The molecule has 0 saturated carbocycles. The summed E-state index contributed by atoms with van der Waals surface area (Å²) in [6.45, 7) is 3.93. The predicted octanol–water partition coefficient (Wildman–Crippen LogP) is 1.56. The molecule has 0 aliphatic heterocycles. The number of nitrogens with zero attached hydrogens (tertiary/aromatic N) is 1. The number of hydrogen-bond acceptors (Lipinski definition) is 2. The van der Waals surface area contributed by atoms with Crippen LogP contribution >= 0.6 is 11.3 Å². The van der Waals surface area contributed by atoms with Crippen LogP contribution in [-0.2, 0) is 0 Å². The largest absolute Gasteiger partial charge is 0.361 e. The van der Waals surface area contributed by atoms with Crippen molar-refractivity contribution in [1.82, 2.24) is 4.98 Å². The first-order chi connectivity index (χ1) is 3.29. The summed E-state index contributed by atoms with van der Waals surface area (Å²) in [6, 6.07) is 0. The molecule has 1 aromatic rings. The number of rotatable bonds is 0. The Hall–Kier alpha value is 1.07. The molecule has 0 spiro atoms. The second-order valence-electron chi connectivity index (χ2n) is 1.42. The Morgan fingerprint density at radius 3 is 2.25 bits per heavy atom. The molecule has 1 rings (SSSR count). The molecule has 0 aliphatic rings. The molecular formula is C5H6AcNS-. The van der Waals surface area contributed by atoms with E-state index in [2.05, 4.69) is 10.4 Å². The summed E-state index contributed by atoms with van der Waals surface area (Å²) >= 11 is 1.57. The van der Waals surface area contributed by atoms with Crippen LogP contribution in [-0.4, -0.2) is 4.98 Å². The monoisotopic (exact) mass is 339 g/mol. The molecule has 0 aromatic carbocycles. The molecule has 41 valence electrons. The summed E-state index contributed by atoms with van der Waals surface area (Å²) in [6.07, 6.45) is 0. The van der Waals surface area contributed by atoms with Crippen molar-refractivity contribution in [3.8, 4) is 0 Å². The van der Waals surface area contributed by atoms with Gasteiger partial charge < -0.3 is 16.3 Å². The molecule has 0 unspecified atom stereocenters. The molecule has 1 radical (unpaired) electrons. The average molecular weight is 339 g/mol. The molecule has 0 bridgehead atoms. The van der Waals surface area contributed by atoms with Crippen LogP contribution in [0.3, 0.4) is 0 Å². The van der Waals surface area contributed by atoms with Crippen molar-refractivity contribution in [2.45, 2.75) is 13.8 Å². The van der Waals surface area contributed by atoms with E-state index in [-0.39, 0.29) is 44.1 Å². The fourth-order valence-corrected chi connectivity index (χ4v) is 0.953. The van der Waals surface area contributed by atoms with E-state index < -0.39 is 0 Å². The topological polar surface area (TPSA) is 12.9 Å². The molecule has 1 heterocycles. The standard InChI is InChI=1S/C5H6NS.Ac/c1-4-3-7-5(2)6-4;/h1-2H3;/q-1;. The summed E-state index contributed by atoms with van der Waals surface area (Å²) in [5.74, 6) is 0. The van der Waals surface area contributed by atoms with E-state index in [9.17, 15) is 0 Å². The smallest absolute Gasteiger partial charge is 0 e. The van der Waals surface area contributed by atoms with Crippen LogP contribution in [0.4, 0.5) is 0 Å². The van der Waals surface area contributed by atoms with Gasteiger partial charge in [0.15, 0.2) is 0 Å². The van der Waals surface area contributed by atoms with Crippen molar-refractivity contribution in [3.63, 3.8) is 0 Å². The number of thiazole rings is 1. The van der Waals surface area contributed by atoms with Gasteiger partial charge in [-0.3, -0.25) is 0 Å². The Balaban J connectivity index is 0.000000490. The fourth-order valence-electron chi connectivity index (χ4n) is 0.430. The third-order valence-corrected chi connectivity index (χ3v) is 1.46. The molecule has 1 nitrogen and oxygen atoms in total. The second kappa shape index (κ2) is 3.98. The molecule has 0 atom stereocenters. The first-order valence-electron chi connectivity index (χ1n) is 2.11. The van der Waals surface area contributed by atoms with E-state index in [1.54, 1.807) is 11.3 Å². The normalized spacial score (nSPS) is 8.25. The van der Waals surface area contributed by atoms with Gasteiger partial charge in [-0.15, -0.1) is 0 Å². The minimum absolute atomic E-state index is 0. The maximum Gasteiger partial charge on any atom is 0 e. The van der Waals surface area contributed by atoms with Crippen molar-refractivity contribution in [2.75, 3.05) is 0 Å². The maximum atomic E-state index is 4.07. The van der Waals surface area contributed by atoms with Crippen LogP contribution < -0.4 is 0 Å². The van der Waals surface area contributed by atoms with Gasteiger partial charge >= 0.3 is 0 Å². The minimum atomic E-state index is 0. The van der Waals surface area contributed by atoms with Crippen molar-refractivity contribution in [1.29, 1.82) is 0 Å². The summed E-state index contributed by atoms with van der Waals surface area (Å²) in [5, 5.41) is 4.09. The summed E-state index contributed by atoms with van der Waals surface area (Å²) < 4.78 is 0. The molecule has 1 aromatic heterocycles. The zero-order chi connectivity index (χ0) is 5.28. The average Bonchev–Trinajstić information content (AvgIpc) is 1.87. The van der Waals surface area contributed by atoms with E-state index >= 15 is 0 Å². The van der Waals surface area contributed by atoms with E-state index in [0.717, 1.165) is 10.7 Å². The molecule has 3 heteroatoms. The van der Waals surface area contributed by atoms with Crippen molar-refractivity contribution < 1.29 is 44.1 Å². The third-order valence-electron chi connectivity index (χ3n) is 0.672. The minimum Gasteiger partial charge on any atom is -0.361 e. The zero-order valence-electron chi connectivity index (χ0n) is 4.93. The van der Waals surface area contributed by atoms with Crippen molar-refractivity contribution >= 4 is 11.3 Å². The van der Waals surface area contributed by atoms with Crippen LogP contribution in [0.25, 0.3) is 0 Å². The van der Waals surface area contributed by atoms with Crippen LogP contribution in [0.5, 0.6) is 0 Å². The summed E-state index contributed by atoms with van der Waals surface area (Å²) in [4.78, 5) is 4.07. The molecule has 0 aliphatic carbocycles. The first kappa shape index (κ1) is 9.07. The van der Waals surface area contributed by atoms with Crippen LogP contribution in [0.2, 0.25) is 0 Å². The van der Waals surface area contributed by atoms with Gasteiger partial charge in [-0.2, -0.15) is 5.38 Å². The Bertz CT molecular complexity index is 145. The van der Waals surface area contributed by atoms with E-state index in [4.69, 9.17) is 0 Å². The van der Waals surface area contributed by atoms with Gasteiger partial charge in [0.1, 0.15) is 0 Å². The SMILES string of the molecule is Cc1[c-]sc(C)n1.[Ac]. The Morgan fingerprint density at radius 2 is 2.12 bits per heavy atom. The zero-order valence-corrected chi connectivity index (χ0v) is 10.5. The van der Waals surface area contributed by atoms with Gasteiger partial charge in [0.2, 0.25) is 0 Å². The second-order valence-corrected chi connectivity index (χ2v) is 2.42. The first-order valence-corrected chi connectivity index (χ1v) is 2.92. The fraction of sp³-hybridized carbons (Fsp3) is 0.400. The number of aromatic nitrogens is 1. The van der Waals surface area contributed by atoms with Gasteiger partial charge in [0, 0.05) is 44.1 Å². The van der Waals surface area contributed by atoms with E-state index in [1.807, 2.05) is 13.8 Å². The van der Waals surface area contributed by atoms with E-state index in [0.29, 0.717) is 0 Å². The number of aryl methyl sites for hydroxylation is 2. The van der Waals surface area contributed by atoms with Crippen molar-refractivity contribution in [2.24, 2.45) is 0 Å². The maximum absolute atomic E-state index is 4.07. The van der Waals surface area contributed by atoms with Crippen LogP contribution in [0.15, 0.2) is 0 Å². The van der Waals surface area contributed by atoms with Gasteiger partial charge in [-0.25, -0.2) is 0 Å². The molecular weight excluding hydrogens is 333 g/mol. The number of hydrogen-bond donors (Lipinski definition) is 0. The third kappa shape index (κ3) is 2.57. The molecule has 0 amide bonds. The molecule has 0 saturated heterocycles. The van der Waals surface area contributed by atoms with Crippen LogP contribution in [0.1, 0.15) is 10.7 Å². The van der Waals surface area contributed by atoms with Crippen LogP contribution in [0, 0.1) is 63.3 Å². The molecule has 0 N–H and O–H groups in total. The van der Waals surface area contributed by atoms with Gasteiger partial charge in [-0.05, 0) is 6.92 Å². The quantitative estimate of drug-likeness (QED) is 0.654. The predicted molar refractivity (Wildman–Crippen MR) is 30.4 cm³/mol. The Morgan fingerprint density at radius 1 is 1.50 bits per heavy atom. The molecule has 0 fully saturated rings. The summed E-state index contributed by atoms with van der Waals surface area (Å²) in [5.41, 5.74) is 1.00. The van der Waals surface area contributed by atoms with Gasteiger partial charge in [-0.1, -0.05) is 17.6 Å². The van der Waals surface area contributed by atoms with Crippen molar-refractivity contribution in [3.05, 3.63) is 16.1 Å². The van der Waals surface area contributed by atoms with Gasteiger partial charge in [0.25, 0.3) is 0 Å².